The van der Waals surface area contributed by atoms with Crippen LogP contribution >= 0.6 is 0 Å². The third-order valence-electron chi connectivity index (χ3n) is 3.15. The maximum absolute atomic E-state index is 12.4. The molecule has 1 aliphatic rings. The maximum atomic E-state index is 12.4. The number of carboxylic acids is 1. The topological polar surface area (TPSA) is 138 Å². The molecule has 1 aromatic carbocycles. The summed E-state index contributed by atoms with van der Waals surface area (Å²) in [6, 6.07) is 2.55. The van der Waals surface area contributed by atoms with Gasteiger partial charge in [0.25, 0.3) is 5.69 Å². The Kier molecular flexibility index (Phi) is 3.94. The van der Waals surface area contributed by atoms with E-state index in [0.29, 0.717) is 6.07 Å². The van der Waals surface area contributed by atoms with E-state index in [1.807, 2.05) is 0 Å². The van der Waals surface area contributed by atoms with Gasteiger partial charge in [0.1, 0.15) is 0 Å². The summed E-state index contributed by atoms with van der Waals surface area (Å²) in [5.41, 5.74) is -1.17. The van der Waals surface area contributed by atoms with E-state index in [9.17, 15) is 28.4 Å². The molecule has 0 aromatic heterocycles. The largest absolute Gasteiger partial charge is 0.478 e. The predicted octanol–water partition coefficient (Wildman–Crippen LogP) is 0.0483. The number of aliphatic hydroxyl groups is 1. The van der Waals surface area contributed by atoms with Crippen LogP contribution in [0.4, 0.5) is 5.69 Å². The van der Waals surface area contributed by atoms with Crippen molar-refractivity contribution in [2.24, 2.45) is 0 Å². The minimum absolute atomic E-state index is 0.0690. The van der Waals surface area contributed by atoms with E-state index in [0.717, 1.165) is 16.4 Å². The fraction of sp³-hybridized carbons (Fsp3) is 0.364. The van der Waals surface area contributed by atoms with Crippen molar-refractivity contribution in [2.75, 3.05) is 13.1 Å². The van der Waals surface area contributed by atoms with Gasteiger partial charge in [-0.3, -0.25) is 10.1 Å². The molecule has 0 spiro atoms. The van der Waals surface area contributed by atoms with Gasteiger partial charge in [0.05, 0.1) is 21.5 Å². The standard InChI is InChI=1S/C11H12N2O7S/c14-8-3-4-12(6-8)21(19,20)10-2-1-7(13(17)18)5-9(10)11(15)16/h1-2,5,8,14H,3-4,6H2,(H,15,16). The summed E-state index contributed by atoms with van der Waals surface area (Å²) < 4.78 is 25.7. The van der Waals surface area contributed by atoms with Gasteiger partial charge >= 0.3 is 5.97 Å². The second-order valence-electron chi connectivity index (χ2n) is 4.55. The quantitative estimate of drug-likeness (QED) is 0.591. The van der Waals surface area contributed by atoms with Crippen LogP contribution in [0, 0.1) is 10.1 Å². The number of hydrogen-bond donors (Lipinski definition) is 2. The summed E-state index contributed by atoms with van der Waals surface area (Å²) >= 11 is 0. The molecule has 0 radical (unpaired) electrons. The highest BCUT2D eigenvalue weighted by Crippen LogP contribution is 2.27. The fourth-order valence-corrected chi connectivity index (χ4v) is 3.75. The van der Waals surface area contributed by atoms with Crippen LogP contribution in [0.25, 0.3) is 0 Å². The van der Waals surface area contributed by atoms with Crippen LogP contribution < -0.4 is 0 Å². The fourth-order valence-electron chi connectivity index (χ4n) is 2.09. The first-order chi connectivity index (χ1) is 9.73. The first kappa shape index (κ1) is 15.4. The summed E-state index contributed by atoms with van der Waals surface area (Å²) in [5, 5.41) is 29.1. The molecule has 0 bridgehead atoms. The SMILES string of the molecule is O=C(O)c1cc([N+](=O)[O-])ccc1S(=O)(=O)N1CCC(O)C1. The molecule has 114 valence electrons. The van der Waals surface area contributed by atoms with Crippen LogP contribution in [0.2, 0.25) is 0 Å². The smallest absolute Gasteiger partial charge is 0.337 e. The zero-order chi connectivity index (χ0) is 15.8. The van der Waals surface area contributed by atoms with Crippen LogP contribution in [0.15, 0.2) is 23.1 Å². The van der Waals surface area contributed by atoms with Gasteiger partial charge in [-0.15, -0.1) is 0 Å². The molecule has 2 N–H and O–H groups in total. The third-order valence-corrected chi connectivity index (χ3v) is 5.07. The number of non-ortho nitro benzene ring substituents is 1. The van der Waals surface area contributed by atoms with Crippen LogP contribution in [0.5, 0.6) is 0 Å². The van der Waals surface area contributed by atoms with Crippen molar-refractivity contribution < 1.29 is 28.3 Å². The van der Waals surface area contributed by atoms with Gasteiger partial charge in [0.15, 0.2) is 0 Å². The molecule has 1 aliphatic heterocycles. The summed E-state index contributed by atoms with van der Waals surface area (Å²) in [7, 11) is -4.12. The molecule has 1 unspecified atom stereocenters. The van der Waals surface area contributed by atoms with E-state index in [2.05, 4.69) is 0 Å². The third kappa shape index (κ3) is 2.86. The molecular weight excluding hydrogens is 304 g/mol. The normalized spacial score (nSPS) is 19.6. The highest BCUT2D eigenvalue weighted by atomic mass is 32.2. The van der Waals surface area contributed by atoms with Crippen molar-refractivity contribution in [3.63, 3.8) is 0 Å². The molecule has 1 saturated heterocycles. The molecule has 2 rings (SSSR count). The first-order valence-electron chi connectivity index (χ1n) is 5.93. The average molecular weight is 316 g/mol. The number of nitrogens with zero attached hydrogens (tertiary/aromatic N) is 2. The number of sulfonamides is 1. The highest BCUT2D eigenvalue weighted by molar-refractivity contribution is 7.89. The number of aromatic carboxylic acids is 1. The monoisotopic (exact) mass is 316 g/mol. The number of β-amino-alcohol motifs (C(OH)–C–C–N with tert-alkyl or cyclic N) is 1. The number of carboxylic acid groups (broad SMARTS) is 1. The Morgan fingerprint density at radius 3 is 2.57 bits per heavy atom. The Balaban J connectivity index is 2.52. The number of carbonyl (C=O) groups is 1. The summed E-state index contributed by atoms with van der Waals surface area (Å²) in [5.74, 6) is -1.57. The zero-order valence-electron chi connectivity index (χ0n) is 10.7. The number of nitro benzene ring substituents is 1. The van der Waals surface area contributed by atoms with Crippen molar-refractivity contribution >= 4 is 21.7 Å². The second-order valence-corrected chi connectivity index (χ2v) is 6.45. The molecule has 10 heteroatoms. The molecule has 1 aromatic rings. The van der Waals surface area contributed by atoms with E-state index < -0.39 is 43.2 Å². The second kappa shape index (κ2) is 5.39. The molecular formula is C11H12N2O7S. The van der Waals surface area contributed by atoms with Crippen molar-refractivity contribution in [1.82, 2.24) is 4.31 Å². The van der Waals surface area contributed by atoms with Crippen molar-refractivity contribution in [3.8, 4) is 0 Å². The zero-order valence-corrected chi connectivity index (χ0v) is 11.5. The Labute approximate surface area is 119 Å². The molecule has 21 heavy (non-hydrogen) atoms. The van der Waals surface area contributed by atoms with Gasteiger partial charge in [0, 0.05) is 25.2 Å². The van der Waals surface area contributed by atoms with Gasteiger partial charge < -0.3 is 10.2 Å². The van der Waals surface area contributed by atoms with Gasteiger partial charge in [-0.2, -0.15) is 4.31 Å². The Bertz CT molecular complexity index is 701. The highest BCUT2D eigenvalue weighted by Gasteiger charge is 2.34. The Morgan fingerprint density at radius 1 is 1.43 bits per heavy atom. The lowest BCUT2D eigenvalue weighted by Crippen LogP contribution is -2.31. The molecule has 9 nitrogen and oxygen atoms in total. The van der Waals surface area contributed by atoms with E-state index in [4.69, 9.17) is 5.11 Å². The van der Waals surface area contributed by atoms with Crippen LogP contribution in [-0.2, 0) is 10.0 Å². The van der Waals surface area contributed by atoms with Gasteiger partial charge in [0.2, 0.25) is 10.0 Å². The molecule has 1 atom stereocenters. The maximum Gasteiger partial charge on any atom is 0.337 e. The Morgan fingerprint density at radius 2 is 2.10 bits per heavy atom. The number of rotatable bonds is 4. The van der Waals surface area contributed by atoms with E-state index in [-0.39, 0.29) is 19.5 Å². The lowest BCUT2D eigenvalue weighted by Gasteiger charge is -2.17. The lowest BCUT2D eigenvalue weighted by molar-refractivity contribution is -0.384. The summed E-state index contributed by atoms with van der Waals surface area (Å²) in [6.45, 7) is -0.0576. The minimum atomic E-state index is -4.12. The van der Waals surface area contributed by atoms with Gasteiger partial charge in [-0.05, 0) is 12.5 Å². The van der Waals surface area contributed by atoms with E-state index >= 15 is 0 Å². The van der Waals surface area contributed by atoms with Crippen LogP contribution in [-0.4, -0.2) is 53.0 Å². The number of benzene rings is 1. The average Bonchev–Trinajstić information content (AvgIpc) is 2.85. The predicted molar refractivity (Wildman–Crippen MR) is 69.4 cm³/mol. The van der Waals surface area contributed by atoms with E-state index in [1.54, 1.807) is 0 Å². The van der Waals surface area contributed by atoms with Crippen molar-refractivity contribution in [2.45, 2.75) is 17.4 Å². The van der Waals surface area contributed by atoms with Gasteiger partial charge in [-0.1, -0.05) is 0 Å². The first-order valence-corrected chi connectivity index (χ1v) is 7.37. The summed E-state index contributed by atoms with van der Waals surface area (Å²) in [4.78, 5) is 20.5. The molecule has 0 amide bonds. The van der Waals surface area contributed by atoms with E-state index in [1.165, 1.54) is 0 Å². The molecule has 0 saturated carbocycles. The molecule has 1 fully saturated rings. The number of hydrogen-bond acceptors (Lipinski definition) is 6. The minimum Gasteiger partial charge on any atom is -0.478 e. The van der Waals surface area contributed by atoms with Crippen LogP contribution in [0.1, 0.15) is 16.8 Å². The van der Waals surface area contributed by atoms with Crippen LogP contribution in [0.3, 0.4) is 0 Å². The van der Waals surface area contributed by atoms with Crippen molar-refractivity contribution in [1.29, 1.82) is 0 Å². The van der Waals surface area contributed by atoms with Crippen molar-refractivity contribution in [3.05, 3.63) is 33.9 Å². The number of nitro groups is 1. The molecule has 1 heterocycles. The Hall–Kier alpha value is -2.04. The van der Waals surface area contributed by atoms with Gasteiger partial charge in [-0.25, -0.2) is 13.2 Å². The lowest BCUT2D eigenvalue weighted by atomic mass is 10.2. The number of aliphatic hydroxyl groups excluding tert-OH is 1. The summed E-state index contributed by atoms with van der Waals surface area (Å²) in [6.07, 6.45) is -0.541. The molecule has 0 aliphatic carbocycles.